The standard InChI is InChI=1S/C27H28BrN3O2/c28-23-9-11-24(12-10-23)31-19-29-26(33)27(31)13-16-30(17-14-27)15-3-6-25(32)22-8-7-20-4-1-2-5-21(20)18-22/h1-2,4-5,7-12,18H,3,6,13-17,19H2,(H,29,33). The summed E-state index contributed by atoms with van der Waals surface area (Å²) in [6.45, 7) is 3.17. The summed E-state index contributed by atoms with van der Waals surface area (Å²) >= 11 is 3.49. The Morgan fingerprint density at radius 2 is 1.70 bits per heavy atom. The van der Waals surface area contributed by atoms with E-state index in [9.17, 15) is 9.59 Å². The monoisotopic (exact) mass is 505 g/mol. The Balaban J connectivity index is 1.16. The predicted octanol–water partition coefficient (Wildman–Crippen LogP) is 4.99. The number of likely N-dealkylation sites (tertiary alicyclic amines) is 1. The highest BCUT2D eigenvalue weighted by Crippen LogP contribution is 2.36. The Kier molecular flexibility index (Phi) is 6.21. The number of nitrogens with one attached hydrogen (secondary N) is 1. The normalized spacial score (nSPS) is 18.1. The number of piperidine rings is 1. The summed E-state index contributed by atoms with van der Waals surface area (Å²) in [5.74, 6) is 0.336. The van der Waals surface area contributed by atoms with Gasteiger partial charge in [0.05, 0.1) is 6.67 Å². The van der Waals surface area contributed by atoms with Crippen LogP contribution in [0.2, 0.25) is 0 Å². The van der Waals surface area contributed by atoms with Gasteiger partial charge < -0.3 is 15.1 Å². The molecular weight excluding hydrogens is 478 g/mol. The second kappa shape index (κ2) is 9.27. The van der Waals surface area contributed by atoms with Gasteiger partial charge in [0.15, 0.2) is 5.78 Å². The molecule has 0 saturated carbocycles. The van der Waals surface area contributed by atoms with Crippen LogP contribution in [0.4, 0.5) is 5.69 Å². The number of Topliss-reactive ketones (excluding diaryl/α,β-unsaturated/α-hetero) is 1. The highest BCUT2D eigenvalue weighted by Gasteiger charge is 2.50. The largest absolute Gasteiger partial charge is 0.339 e. The molecule has 0 atom stereocenters. The van der Waals surface area contributed by atoms with Crippen LogP contribution in [0.3, 0.4) is 0 Å². The zero-order valence-electron chi connectivity index (χ0n) is 18.6. The number of amides is 1. The minimum atomic E-state index is -0.467. The summed E-state index contributed by atoms with van der Waals surface area (Å²) in [5, 5.41) is 5.32. The van der Waals surface area contributed by atoms with Gasteiger partial charge in [-0.25, -0.2) is 0 Å². The van der Waals surface area contributed by atoms with Gasteiger partial charge in [-0.05, 0) is 66.9 Å². The Bertz CT molecular complexity index is 1170. The molecule has 5 nitrogen and oxygen atoms in total. The van der Waals surface area contributed by atoms with Gasteiger partial charge in [0.1, 0.15) is 5.54 Å². The van der Waals surface area contributed by atoms with E-state index in [4.69, 9.17) is 0 Å². The van der Waals surface area contributed by atoms with Crippen LogP contribution in [0, 0.1) is 0 Å². The first kappa shape index (κ1) is 22.1. The van der Waals surface area contributed by atoms with Gasteiger partial charge in [0.25, 0.3) is 0 Å². The highest BCUT2D eigenvalue weighted by molar-refractivity contribution is 9.10. The number of nitrogens with zero attached hydrogens (tertiary/aromatic N) is 2. The first-order chi connectivity index (χ1) is 16.0. The average molecular weight is 506 g/mol. The van der Waals surface area contributed by atoms with Gasteiger partial charge in [-0.3, -0.25) is 9.59 Å². The third-order valence-electron chi connectivity index (χ3n) is 7.11. The van der Waals surface area contributed by atoms with Crippen molar-refractivity contribution < 1.29 is 9.59 Å². The molecular formula is C27H28BrN3O2. The third-order valence-corrected chi connectivity index (χ3v) is 7.64. The number of fused-ring (bicyclic) bond motifs is 1. The molecule has 1 amide bonds. The molecule has 0 unspecified atom stereocenters. The fourth-order valence-corrected chi connectivity index (χ4v) is 5.43. The second-order valence-corrected chi connectivity index (χ2v) is 9.95. The number of carbonyl (C=O) groups excluding carboxylic acids is 2. The Morgan fingerprint density at radius 3 is 2.45 bits per heavy atom. The highest BCUT2D eigenvalue weighted by atomic mass is 79.9. The maximum absolute atomic E-state index is 12.8. The van der Waals surface area contributed by atoms with Crippen LogP contribution >= 0.6 is 15.9 Å². The van der Waals surface area contributed by atoms with Crippen molar-refractivity contribution >= 4 is 44.1 Å². The molecule has 0 aliphatic carbocycles. The van der Waals surface area contributed by atoms with Crippen molar-refractivity contribution in [1.29, 1.82) is 0 Å². The number of anilines is 1. The van der Waals surface area contributed by atoms with Gasteiger partial charge in [-0.1, -0.05) is 52.3 Å². The van der Waals surface area contributed by atoms with Gasteiger partial charge in [-0.15, -0.1) is 0 Å². The first-order valence-electron chi connectivity index (χ1n) is 11.6. The average Bonchev–Trinajstić information content (AvgIpc) is 3.16. The van der Waals surface area contributed by atoms with E-state index >= 15 is 0 Å². The molecule has 5 rings (SSSR count). The maximum Gasteiger partial charge on any atom is 0.247 e. The van der Waals surface area contributed by atoms with E-state index in [1.807, 2.05) is 48.5 Å². The molecule has 170 valence electrons. The van der Waals surface area contributed by atoms with E-state index in [2.05, 4.69) is 49.2 Å². The lowest BCUT2D eigenvalue weighted by Gasteiger charge is -2.43. The fraction of sp³-hybridized carbons (Fsp3) is 0.333. The van der Waals surface area contributed by atoms with Gasteiger partial charge in [0.2, 0.25) is 5.91 Å². The third kappa shape index (κ3) is 4.42. The number of carbonyl (C=O) groups is 2. The Hall–Kier alpha value is -2.70. The second-order valence-electron chi connectivity index (χ2n) is 9.03. The SMILES string of the molecule is O=C(CCCN1CCC2(CC1)C(=O)NCN2c1ccc(Br)cc1)c1ccc2ccccc2c1. The van der Waals surface area contributed by atoms with Crippen LogP contribution in [0.5, 0.6) is 0 Å². The van der Waals surface area contributed by atoms with Crippen molar-refractivity contribution in [3.8, 4) is 0 Å². The van der Waals surface area contributed by atoms with Crippen molar-refractivity contribution in [3.05, 3.63) is 76.8 Å². The molecule has 2 heterocycles. The molecule has 3 aromatic rings. The molecule has 6 heteroatoms. The minimum Gasteiger partial charge on any atom is -0.339 e. The summed E-state index contributed by atoms with van der Waals surface area (Å²) in [6, 6.07) is 22.3. The van der Waals surface area contributed by atoms with Gasteiger partial charge in [0, 0.05) is 35.2 Å². The molecule has 3 aromatic carbocycles. The van der Waals surface area contributed by atoms with Crippen LogP contribution in [0.25, 0.3) is 10.8 Å². The van der Waals surface area contributed by atoms with Crippen LogP contribution in [-0.2, 0) is 4.79 Å². The molecule has 0 aromatic heterocycles. The van der Waals surface area contributed by atoms with Crippen molar-refractivity contribution in [2.45, 2.75) is 31.2 Å². The molecule has 2 aliphatic rings. The quantitative estimate of drug-likeness (QED) is 0.479. The Labute approximate surface area is 202 Å². The minimum absolute atomic E-state index is 0.136. The predicted molar refractivity (Wildman–Crippen MR) is 136 cm³/mol. The van der Waals surface area contributed by atoms with Gasteiger partial charge in [-0.2, -0.15) is 0 Å². The van der Waals surface area contributed by atoms with Crippen LogP contribution < -0.4 is 10.2 Å². The number of rotatable bonds is 6. The molecule has 2 fully saturated rings. The molecule has 2 saturated heterocycles. The number of halogens is 1. The fourth-order valence-electron chi connectivity index (χ4n) is 5.16. The molecule has 33 heavy (non-hydrogen) atoms. The molecule has 1 N–H and O–H groups in total. The summed E-state index contributed by atoms with van der Waals surface area (Å²) in [6.07, 6.45) is 2.98. The lowest BCUT2D eigenvalue weighted by molar-refractivity contribution is -0.125. The van der Waals surface area contributed by atoms with Crippen LogP contribution in [-0.4, -0.2) is 48.4 Å². The summed E-state index contributed by atoms with van der Waals surface area (Å²) in [7, 11) is 0. The lowest BCUT2D eigenvalue weighted by Crippen LogP contribution is -2.56. The van der Waals surface area contributed by atoms with E-state index in [1.54, 1.807) is 0 Å². The smallest absolute Gasteiger partial charge is 0.247 e. The topological polar surface area (TPSA) is 52.7 Å². The first-order valence-corrected chi connectivity index (χ1v) is 12.4. The van der Waals surface area contributed by atoms with Crippen molar-refractivity contribution in [2.75, 3.05) is 31.2 Å². The van der Waals surface area contributed by atoms with E-state index in [-0.39, 0.29) is 11.7 Å². The summed E-state index contributed by atoms with van der Waals surface area (Å²) < 4.78 is 1.03. The van der Waals surface area contributed by atoms with Crippen molar-refractivity contribution in [3.63, 3.8) is 0 Å². The summed E-state index contributed by atoms with van der Waals surface area (Å²) in [4.78, 5) is 30.2. The van der Waals surface area contributed by atoms with Gasteiger partial charge >= 0.3 is 0 Å². The maximum atomic E-state index is 12.8. The van der Waals surface area contributed by atoms with E-state index in [0.717, 1.165) is 65.4 Å². The molecule has 1 spiro atoms. The number of ketones is 1. The number of hydrogen-bond acceptors (Lipinski definition) is 4. The van der Waals surface area contributed by atoms with Crippen LogP contribution in [0.1, 0.15) is 36.0 Å². The Morgan fingerprint density at radius 1 is 0.970 bits per heavy atom. The molecule has 2 aliphatic heterocycles. The summed E-state index contributed by atoms with van der Waals surface area (Å²) in [5.41, 5.74) is 1.40. The van der Waals surface area contributed by atoms with E-state index in [1.165, 1.54) is 0 Å². The van der Waals surface area contributed by atoms with E-state index in [0.29, 0.717) is 13.1 Å². The van der Waals surface area contributed by atoms with Crippen LogP contribution in [0.15, 0.2) is 71.2 Å². The van der Waals surface area contributed by atoms with Crippen molar-refractivity contribution in [1.82, 2.24) is 10.2 Å². The molecule has 0 radical (unpaired) electrons. The van der Waals surface area contributed by atoms with Crippen molar-refractivity contribution in [2.24, 2.45) is 0 Å². The number of hydrogen-bond donors (Lipinski definition) is 1. The zero-order chi connectivity index (χ0) is 22.8. The zero-order valence-corrected chi connectivity index (χ0v) is 20.2. The number of benzene rings is 3. The molecule has 0 bridgehead atoms. The lowest BCUT2D eigenvalue weighted by atomic mass is 9.85. The van der Waals surface area contributed by atoms with E-state index < -0.39 is 5.54 Å².